The number of carbonyl (C=O) groups is 2. The van der Waals surface area contributed by atoms with Crippen LogP contribution in [0.2, 0.25) is 0 Å². The van der Waals surface area contributed by atoms with E-state index in [1.807, 2.05) is 84.0 Å². The first-order chi connectivity index (χ1) is 16.8. The second-order valence-corrected chi connectivity index (χ2v) is 8.84. The summed E-state index contributed by atoms with van der Waals surface area (Å²) < 4.78 is 11.4. The highest BCUT2D eigenvalue weighted by molar-refractivity contribution is 5.88. The van der Waals surface area contributed by atoms with Crippen LogP contribution < -0.4 is 14.8 Å². The fourth-order valence-electron chi connectivity index (χ4n) is 3.98. The normalized spacial score (nSPS) is 12.5. The molecule has 0 fully saturated rings. The molecule has 2 rings (SSSR count). The van der Waals surface area contributed by atoms with E-state index in [1.54, 1.807) is 4.90 Å². The molecule has 0 unspecified atom stereocenters. The molecule has 0 radical (unpaired) electrons. The van der Waals surface area contributed by atoms with Crippen LogP contribution in [0, 0.1) is 6.92 Å². The fourth-order valence-corrected chi connectivity index (χ4v) is 3.98. The predicted octanol–water partition coefficient (Wildman–Crippen LogP) is 5.45. The van der Waals surface area contributed by atoms with Gasteiger partial charge in [-0.25, -0.2) is 0 Å². The van der Waals surface area contributed by atoms with Crippen molar-refractivity contribution in [2.75, 3.05) is 13.2 Å². The van der Waals surface area contributed by atoms with Gasteiger partial charge in [0.25, 0.3) is 0 Å². The van der Waals surface area contributed by atoms with Crippen LogP contribution >= 0.6 is 0 Å². The van der Waals surface area contributed by atoms with E-state index in [4.69, 9.17) is 9.47 Å². The van der Waals surface area contributed by atoms with Crippen molar-refractivity contribution in [3.05, 3.63) is 59.2 Å². The summed E-state index contributed by atoms with van der Waals surface area (Å²) >= 11 is 0. The van der Waals surface area contributed by atoms with E-state index in [9.17, 15) is 9.59 Å². The van der Waals surface area contributed by atoms with Crippen LogP contribution in [0.5, 0.6) is 11.5 Å². The predicted molar refractivity (Wildman–Crippen MR) is 141 cm³/mol. The molecule has 2 aromatic carbocycles. The molecule has 0 aromatic heterocycles. The lowest BCUT2D eigenvalue weighted by molar-refractivity contribution is -0.141. The molecule has 2 aromatic rings. The van der Waals surface area contributed by atoms with Gasteiger partial charge in [0.15, 0.2) is 11.5 Å². The Morgan fingerprint density at radius 2 is 1.63 bits per heavy atom. The molecule has 0 saturated carbocycles. The third-order valence-electron chi connectivity index (χ3n) is 6.22. The zero-order chi connectivity index (χ0) is 25.8. The first-order valence-corrected chi connectivity index (χ1v) is 12.9. The van der Waals surface area contributed by atoms with Crippen molar-refractivity contribution < 1.29 is 19.1 Å². The number of aryl methyl sites for hydroxylation is 2. The summed E-state index contributed by atoms with van der Waals surface area (Å²) in [7, 11) is 0. The van der Waals surface area contributed by atoms with E-state index >= 15 is 0 Å². The molecule has 0 spiro atoms. The van der Waals surface area contributed by atoms with Gasteiger partial charge >= 0.3 is 0 Å². The van der Waals surface area contributed by atoms with Crippen molar-refractivity contribution in [2.24, 2.45) is 0 Å². The van der Waals surface area contributed by atoms with Crippen molar-refractivity contribution in [1.29, 1.82) is 0 Å². The van der Waals surface area contributed by atoms with E-state index < -0.39 is 6.04 Å². The van der Waals surface area contributed by atoms with E-state index in [0.717, 1.165) is 23.1 Å². The van der Waals surface area contributed by atoms with Crippen molar-refractivity contribution in [2.45, 2.75) is 85.9 Å². The standard InChI is InChI=1S/C29H42N2O4/c1-7-22(6)30-29(33)25(8-2)31(20-24-14-12-11-13-21(24)5)28(32)18-16-23-15-17-26(34-9-3)27(19-23)35-10-4/h11-15,17,19,22,25H,7-10,16,18,20H2,1-6H3,(H,30,33)/t22-,25-/m1/s1. The van der Waals surface area contributed by atoms with E-state index in [1.165, 1.54) is 0 Å². The summed E-state index contributed by atoms with van der Waals surface area (Å²) in [6.45, 7) is 13.4. The molecule has 2 atom stereocenters. The molecular weight excluding hydrogens is 440 g/mol. The van der Waals surface area contributed by atoms with Gasteiger partial charge in [-0.1, -0.05) is 44.2 Å². The smallest absolute Gasteiger partial charge is 0.243 e. The Hall–Kier alpha value is -3.02. The molecule has 0 heterocycles. The highest BCUT2D eigenvalue weighted by Gasteiger charge is 2.29. The lowest BCUT2D eigenvalue weighted by Crippen LogP contribution is -2.50. The van der Waals surface area contributed by atoms with Gasteiger partial charge in [0, 0.05) is 19.0 Å². The summed E-state index contributed by atoms with van der Waals surface area (Å²) in [5.41, 5.74) is 3.16. The largest absolute Gasteiger partial charge is 0.490 e. The number of hydrogen-bond acceptors (Lipinski definition) is 4. The topological polar surface area (TPSA) is 67.9 Å². The molecule has 0 saturated heterocycles. The number of nitrogens with one attached hydrogen (secondary N) is 1. The molecule has 35 heavy (non-hydrogen) atoms. The molecule has 0 bridgehead atoms. The van der Waals surface area contributed by atoms with Gasteiger partial charge in [-0.05, 0) is 75.8 Å². The molecule has 6 nitrogen and oxygen atoms in total. The Kier molecular flexibility index (Phi) is 11.6. The van der Waals surface area contributed by atoms with Gasteiger partial charge < -0.3 is 19.7 Å². The van der Waals surface area contributed by atoms with Gasteiger partial charge in [-0.2, -0.15) is 0 Å². The Bertz CT molecular complexity index is 959. The van der Waals surface area contributed by atoms with Crippen molar-refractivity contribution in [1.82, 2.24) is 10.2 Å². The molecule has 0 aliphatic carbocycles. The fraction of sp³-hybridized carbons (Fsp3) is 0.517. The third kappa shape index (κ3) is 8.30. The van der Waals surface area contributed by atoms with Gasteiger partial charge in [-0.3, -0.25) is 9.59 Å². The first-order valence-electron chi connectivity index (χ1n) is 12.9. The van der Waals surface area contributed by atoms with Gasteiger partial charge in [0.05, 0.1) is 13.2 Å². The highest BCUT2D eigenvalue weighted by Crippen LogP contribution is 2.29. The number of rotatable bonds is 14. The second kappa shape index (κ2) is 14.4. The molecule has 6 heteroatoms. The molecule has 1 N–H and O–H groups in total. The Labute approximate surface area is 211 Å². The molecule has 0 aliphatic heterocycles. The molecule has 192 valence electrons. The second-order valence-electron chi connectivity index (χ2n) is 8.84. The minimum Gasteiger partial charge on any atom is -0.490 e. The van der Waals surface area contributed by atoms with E-state index in [-0.39, 0.29) is 17.9 Å². The zero-order valence-electron chi connectivity index (χ0n) is 22.2. The Balaban J connectivity index is 2.25. The number of carbonyl (C=O) groups excluding carboxylic acids is 2. The van der Waals surface area contributed by atoms with Crippen LogP contribution in [-0.2, 0) is 22.6 Å². The van der Waals surface area contributed by atoms with Crippen LogP contribution in [0.3, 0.4) is 0 Å². The Morgan fingerprint density at radius 1 is 0.943 bits per heavy atom. The van der Waals surface area contributed by atoms with Crippen molar-refractivity contribution >= 4 is 11.8 Å². The summed E-state index contributed by atoms with van der Waals surface area (Å²) in [4.78, 5) is 28.4. The van der Waals surface area contributed by atoms with Crippen LogP contribution in [0.1, 0.15) is 70.6 Å². The lowest BCUT2D eigenvalue weighted by Gasteiger charge is -2.32. The van der Waals surface area contributed by atoms with E-state index in [2.05, 4.69) is 5.32 Å². The quantitative estimate of drug-likeness (QED) is 0.389. The number of ether oxygens (including phenoxy) is 2. The highest BCUT2D eigenvalue weighted by atomic mass is 16.5. The first kappa shape index (κ1) is 28.2. The molecular formula is C29H42N2O4. The number of hydrogen-bond donors (Lipinski definition) is 1. The molecule has 0 aliphatic rings. The zero-order valence-corrected chi connectivity index (χ0v) is 22.2. The van der Waals surface area contributed by atoms with Crippen LogP contribution in [0.25, 0.3) is 0 Å². The van der Waals surface area contributed by atoms with Crippen molar-refractivity contribution in [3.63, 3.8) is 0 Å². The van der Waals surface area contributed by atoms with Gasteiger partial charge in [0.2, 0.25) is 11.8 Å². The van der Waals surface area contributed by atoms with Crippen LogP contribution in [0.4, 0.5) is 0 Å². The minimum absolute atomic E-state index is 0.0359. The average Bonchev–Trinajstić information content (AvgIpc) is 2.85. The summed E-state index contributed by atoms with van der Waals surface area (Å²) in [6.07, 6.45) is 2.25. The van der Waals surface area contributed by atoms with Crippen molar-refractivity contribution in [3.8, 4) is 11.5 Å². The minimum atomic E-state index is -0.518. The average molecular weight is 483 g/mol. The van der Waals surface area contributed by atoms with Gasteiger partial charge in [0.1, 0.15) is 6.04 Å². The number of amides is 2. The Morgan fingerprint density at radius 3 is 2.26 bits per heavy atom. The molecule has 2 amide bonds. The SMILES string of the molecule is CCOc1ccc(CCC(=O)N(Cc2ccccc2C)[C@H](CC)C(=O)N[C@H](C)CC)cc1OCC. The maximum atomic E-state index is 13.6. The summed E-state index contributed by atoms with van der Waals surface area (Å²) in [5.74, 6) is 1.27. The summed E-state index contributed by atoms with van der Waals surface area (Å²) in [5, 5.41) is 3.07. The van der Waals surface area contributed by atoms with E-state index in [0.29, 0.717) is 50.5 Å². The lowest BCUT2D eigenvalue weighted by atomic mass is 10.0. The van der Waals surface area contributed by atoms with Gasteiger partial charge in [-0.15, -0.1) is 0 Å². The van der Waals surface area contributed by atoms with Crippen LogP contribution in [0.15, 0.2) is 42.5 Å². The number of nitrogens with zero attached hydrogens (tertiary/aromatic N) is 1. The summed E-state index contributed by atoms with van der Waals surface area (Å²) in [6, 6.07) is 13.4. The monoisotopic (exact) mass is 482 g/mol. The van der Waals surface area contributed by atoms with Crippen LogP contribution in [-0.4, -0.2) is 42.0 Å². The third-order valence-corrected chi connectivity index (χ3v) is 6.22. The maximum Gasteiger partial charge on any atom is 0.243 e. The number of benzene rings is 2. The maximum absolute atomic E-state index is 13.6.